The summed E-state index contributed by atoms with van der Waals surface area (Å²) in [5.74, 6) is 1.85. The second kappa shape index (κ2) is 4.67. The van der Waals surface area contributed by atoms with Crippen molar-refractivity contribution in [3.63, 3.8) is 0 Å². The van der Waals surface area contributed by atoms with Crippen molar-refractivity contribution >= 4 is 0 Å². The normalized spacial score (nSPS) is 11.1. The first kappa shape index (κ1) is 11.8. The summed E-state index contributed by atoms with van der Waals surface area (Å²) in [6.45, 7) is 6.78. The van der Waals surface area contributed by atoms with Crippen LogP contribution in [0.25, 0.3) is 11.4 Å². The molecule has 0 aliphatic carbocycles. The predicted octanol–water partition coefficient (Wildman–Crippen LogP) is 2.29. The van der Waals surface area contributed by atoms with Gasteiger partial charge in [-0.05, 0) is 32.4 Å². The zero-order chi connectivity index (χ0) is 12.4. The lowest BCUT2D eigenvalue weighted by molar-refractivity contribution is 0.587. The van der Waals surface area contributed by atoms with E-state index < -0.39 is 0 Å². The van der Waals surface area contributed by atoms with Crippen LogP contribution in [0.2, 0.25) is 0 Å². The van der Waals surface area contributed by atoms with E-state index >= 15 is 0 Å². The molecular weight excluding hydrogens is 212 g/mol. The highest BCUT2D eigenvalue weighted by molar-refractivity contribution is 5.56. The highest BCUT2D eigenvalue weighted by atomic mass is 15.3. The van der Waals surface area contributed by atoms with Gasteiger partial charge in [0.05, 0.1) is 0 Å². The lowest BCUT2D eigenvalue weighted by atomic mass is 10.1. The maximum atomic E-state index is 5.66. The Hall–Kier alpha value is -1.68. The van der Waals surface area contributed by atoms with Crippen molar-refractivity contribution in [2.24, 2.45) is 5.73 Å². The molecule has 2 rings (SSSR count). The van der Waals surface area contributed by atoms with E-state index in [2.05, 4.69) is 34.7 Å². The Balaban J connectivity index is 2.52. The molecule has 0 atom stereocenters. The van der Waals surface area contributed by atoms with Gasteiger partial charge in [-0.25, -0.2) is 0 Å². The summed E-state index contributed by atoms with van der Waals surface area (Å²) in [4.78, 5) is 0. The van der Waals surface area contributed by atoms with Crippen LogP contribution in [-0.2, 0) is 6.54 Å². The summed E-state index contributed by atoms with van der Waals surface area (Å²) in [6.07, 6.45) is 0. The number of hydrogen-bond donors (Lipinski definition) is 1. The monoisotopic (exact) mass is 230 g/mol. The molecule has 0 saturated heterocycles. The first-order valence-electron chi connectivity index (χ1n) is 5.84. The van der Waals surface area contributed by atoms with E-state index in [1.165, 1.54) is 0 Å². The van der Waals surface area contributed by atoms with Gasteiger partial charge in [0, 0.05) is 18.2 Å². The molecular formula is C13H18N4. The van der Waals surface area contributed by atoms with E-state index in [-0.39, 0.29) is 0 Å². The van der Waals surface area contributed by atoms with Gasteiger partial charge in [-0.1, -0.05) is 18.2 Å². The molecule has 0 unspecified atom stereocenters. The van der Waals surface area contributed by atoms with Crippen LogP contribution in [0.15, 0.2) is 24.3 Å². The topological polar surface area (TPSA) is 56.7 Å². The maximum Gasteiger partial charge on any atom is 0.164 e. The van der Waals surface area contributed by atoms with E-state index in [0.29, 0.717) is 12.6 Å². The quantitative estimate of drug-likeness (QED) is 0.880. The summed E-state index contributed by atoms with van der Waals surface area (Å²) in [5.41, 5.74) is 7.84. The molecule has 0 bridgehead atoms. The Morgan fingerprint density at radius 1 is 1.29 bits per heavy atom. The fourth-order valence-electron chi connectivity index (χ4n) is 2.02. The highest BCUT2D eigenvalue weighted by Gasteiger charge is 2.13. The van der Waals surface area contributed by atoms with Crippen molar-refractivity contribution < 1.29 is 0 Å². The van der Waals surface area contributed by atoms with E-state index in [4.69, 9.17) is 5.73 Å². The van der Waals surface area contributed by atoms with Gasteiger partial charge in [-0.2, -0.15) is 0 Å². The zero-order valence-corrected chi connectivity index (χ0v) is 10.5. The molecule has 1 aromatic carbocycles. The molecule has 0 fully saturated rings. The lowest BCUT2D eigenvalue weighted by Crippen LogP contribution is -2.05. The first-order valence-corrected chi connectivity index (χ1v) is 5.84. The van der Waals surface area contributed by atoms with Gasteiger partial charge in [-0.15, -0.1) is 10.2 Å². The van der Waals surface area contributed by atoms with Gasteiger partial charge in [0.2, 0.25) is 0 Å². The van der Waals surface area contributed by atoms with Gasteiger partial charge < -0.3 is 10.3 Å². The van der Waals surface area contributed by atoms with E-state index in [0.717, 1.165) is 22.8 Å². The molecule has 2 N–H and O–H groups in total. The van der Waals surface area contributed by atoms with Crippen molar-refractivity contribution in [3.05, 3.63) is 35.7 Å². The molecule has 0 saturated carbocycles. The number of benzene rings is 1. The van der Waals surface area contributed by atoms with Gasteiger partial charge in [-0.3, -0.25) is 0 Å². The van der Waals surface area contributed by atoms with E-state index in [1.807, 2.05) is 25.1 Å². The minimum atomic E-state index is 0.349. The van der Waals surface area contributed by atoms with Crippen LogP contribution in [0.5, 0.6) is 0 Å². The summed E-state index contributed by atoms with van der Waals surface area (Å²) in [6, 6.07) is 8.49. The smallest absolute Gasteiger partial charge is 0.164 e. The largest absolute Gasteiger partial charge is 0.326 e. The second-order valence-electron chi connectivity index (χ2n) is 4.44. The molecule has 4 nitrogen and oxygen atoms in total. The van der Waals surface area contributed by atoms with Crippen LogP contribution in [-0.4, -0.2) is 14.8 Å². The Morgan fingerprint density at radius 2 is 2.06 bits per heavy atom. The predicted molar refractivity (Wildman–Crippen MR) is 68.5 cm³/mol. The molecule has 0 spiro atoms. The summed E-state index contributed by atoms with van der Waals surface area (Å²) in [7, 11) is 0. The lowest BCUT2D eigenvalue weighted by Gasteiger charge is -2.12. The van der Waals surface area contributed by atoms with Crippen molar-refractivity contribution in [1.82, 2.24) is 14.8 Å². The number of nitrogens with two attached hydrogens (primary N) is 1. The van der Waals surface area contributed by atoms with Gasteiger partial charge in [0.25, 0.3) is 0 Å². The molecule has 1 heterocycles. The third kappa shape index (κ3) is 2.22. The molecule has 90 valence electrons. The molecule has 1 aromatic heterocycles. The number of aromatic nitrogens is 3. The summed E-state index contributed by atoms with van der Waals surface area (Å²) >= 11 is 0. The summed E-state index contributed by atoms with van der Waals surface area (Å²) < 4.78 is 2.13. The highest BCUT2D eigenvalue weighted by Crippen LogP contribution is 2.22. The fourth-order valence-corrected chi connectivity index (χ4v) is 2.02. The van der Waals surface area contributed by atoms with E-state index in [9.17, 15) is 0 Å². The number of hydrogen-bond acceptors (Lipinski definition) is 3. The Morgan fingerprint density at radius 3 is 2.71 bits per heavy atom. The van der Waals surface area contributed by atoms with Crippen molar-refractivity contribution in [2.75, 3.05) is 0 Å². The summed E-state index contributed by atoms with van der Waals surface area (Å²) in [5, 5.41) is 8.41. The number of rotatable bonds is 3. The van der Waals surface area contributed by atoms with Crippen LogP contribution >= 0.6 is 0 Å². The molecule has 2 aromatic rings. The third-order valence-electron chi connectivity index (χ3n) is 2.80. The van der Waals surface area contributed by atoms with E-state index in [1.54, 1.807) is 0 Å². The molecule has 0 aliphatic rings. The van der Waals surface area contributed by atoms with Crippen molar-refractivity contribution in [1.29, 1.82) is 0 Å². The fraction of sp³-hybridized carbons (Fsp3) is 0.385. The third-order valence-corrected chi connectivity index (χ3v) is 2.80. The Bertz CT molecular complexity index is 514. The van der Waals surface area contributed by atoms with Crippen LogP contribution < -0.4 is 5.73 Å². The van der Waals surface area contributed by atoms with Crippen molar-refractivity contribution in [3.8, 4) is 11.4 Å². The first-order chi connectivity index (χ1) is 8.13. The number of nitrogens with zero attached hydrogens (tertiary/aromatic N) is 3. The van der Waals surface area contributed by atoms with Crippen LogP contribution in [0.3, 0.4) is 0 Å². The number of aryl methyl sites for hydroxylation is 1. The van der Waals surface area contributed by atoms with Crippen LogP contribution in [0.4, 0.5) is 0 Å². The molecule has 17 heavy (non-hydrogen) atoms. The average Bonchev–Trinajstić information content (AvgIpc) is 2.71. The standard InChI is InChI=1S/C13H18N4/c1-9(2)17-10(3)15-16-13(17)12-6-4-5-11(7-12)8-14/h4-7,9H,8,14H2,1-3H3. The Labute approximate surface area is 101 Å². The van der Waals surface area contributed by atoms with Gasteiger partial charge in [0.15, 0.2) is 5.82 Å². The van der Waals surface area contributed by atoms with Crippen LogP contribution in [0.1, 0.15) is 31.3 Å². The zero-order valence-electron chi connectivity index (χ0n) is 10.5. The minimum Gasteiger partial charge on any atom is -0.326 e. The van der Waals surface area contributed by atoms with Crippen LogP contribution in [0, 0.1) is 6.92 Å². The molecule has 4 heteroatoms. The van der Waals surface area contributed by atoms with Gasteiger partial charge >= 0.3 is 0 Å². The SMILES string of the molecule is Cc1nnc(-c2cccc(CN)c2)n1C(C)C. The van der Waals surface area contributed by atoms with Gasteiger partial charge in [0.1, 0.15) is 5.82 Å². The van der Waals surface area contributed by atoms with Crippen molar-refractivity contribution in [2.45, 2.75) is 33.4 Å². The maximum absolute atomic E-state index is 5.66. The minimum absolute atomic E-state index is 0.349. The average molecular weight is 230 g/mol. The molecule has 0 radical (unpaired) electrons. The molecule has 0 amide bonds. The molecule has 0 aliphatic heterocycles. The Kier molecular flexibility index (Phi) is 3.24. The second-order valence-corrected chi connectivity index (χ2v) is 4.44.